The molecule has 0 radical (unpaired) electrons. The molecule has 3 aromatic rings. The van der Waals surface area contributed by atoms with Crippen LogP contribution < -0.4 is 14.5 Å². The fraction of sp³-hybridized carbons (Fsp3) is 0.0800. The number of allylic oxidation sites excluding steroid dienone is 3. The van der Waals surface area contributed by atoms with Crippen molar-refractivity contribution in [1.82, 2.24) is 4.98 Å². The summed E-state index contributed by atoms with van der Waals surface area (Å²) < 4.78 is 48.9. The van der Waals surface area contributed by atoms with Gasteiger partial charge in [0.05, 0.1) is 19.9 Å². The van der Waals surface area contributed by atoms with Gasteiger partial charge in [-0.25, -0.2) is 4.99 Å². The minimum atomic E-state index is -4.54. The predicted molar refractivity (Wildman–Crippen MR) is 125 cm³/mol. The average Bonchev–Trinajstić information content (AvgIpc) is 3.54. The van der Waals surface area contributed by atoms with Crippen LogP contribution in [0.4, 0.5) is 8.63 Å². The maximum atomic E-state index is 14.4. The number of hydrogen-bond acceptors (Lipinski definition) is 4. The van der Waals surface area contributed by atoms with Gasteiger partial charge in [0, 0.05) is 29.5 Å². The number of H-pyrrole nitrogens is 1. The molecular formula is C25H21BF2N2O4. The molecule has 3 heterocycles. The van der Waals surface area contributed by atoms with E-state index in [2.05, 4.69) is 9.98 Å². The smallest absolute Gasteiger partial charge is 0.626 e. The Bertz CT molecular complexity index is 1340. The third kappa shape index (κ3) is 4.32. The normalized spacial score (nSPS) is 18.6. The van der Waals surface area contributed by atoms with Gasteiger partial charge in [-0.15, -0.1) is 0 Å². The third-order valence-corrected chi connectivity index (χ3v) is 5.50. The number of aromatic amines is 1. The first kappa shape index (κ1) is 21.6. The first-order valence-corrected chi connectivity index (χ1v) is 10.6. The van der Waals surface area contributed by atoms with E-state index in [1.807, 2.05) is 48.5 Å². The second-order valence-corrected chi connectivity index (χ2v) is 7.67. The molecule has 0 amide bonds. The van der Waals surface area contributed by atoms with E-state index in [0.29, 0.717) is 11.4 Å². The van der Waals surface area contributed by atoms with Crippen molar-refractivity contribution in [2.45, 2.75) is 0 Å². The van der Waals surface area contributed by atoms with Crippen molar-refractivity contribution in [2.75, 3.05) is 14.2 Å². The SMILES string of the molecule is COc1ccc(C2=[NH+]/C(=C3/C=C(c4ccc(-c5ccc(OC)cc5)[nH]4)O[B-](F)(F)O3)C=C2)cc1. The van der Waals surface area contributed by atoms with Gasteiger partial charge in [-0.1, -0.05) is 0 Å². The quantitative estimate of drug-likeness (QED) is 0.567. The highest BCUT2D eigenvalue weighted by molar-refractivity contribution is 6.53. The van der Waals surface area contributed by atoms with E-state index in [9.17, 15) is 8.63 Å². The number of ether oxygens (including phenoxy) is 2. The van der Waals surface area contributed by atoms with E-state index in [-0.39, 0.29) is 11.5 Å². The second-order valence-electron chi connectivity index (χ2n) is 7.67. The molecule has 0 fully saturated rings. The molecule has 0 spiro atoms. The molecule has 6 nitrogen and oxygen atoms in total. The standard InChI is InChI=1S/C25H20BF2N2O4/c1-31-18-7-3-16(4-8-18)20-11-13-22(29-20)24-15-25(34-26(27,28)33-24)23-14-12-21(30-23)17-5-9-19(32-2)10-6-17/h3-15,29H,1-2H3/q-1/p+1/b25-23-. The van der Waals surface area contributed by atoms with Crippen LogP contribution in [0, 0.1) is 0 Å². The first-order valence-electron chi connectivity index (χ1n) is 10.6. The lowest BCUT2D eigenvalue weighted by Gasteiger charge is -2.33. The zero-order chi connectivity index (χ0) is 23.7. The van der Waals surface area contributed by atoms with Gasteiger partial charge in [0.15, 0.2) is 5.76 Å². The molecule has 2 N–H and O–H groups in total. The highest BCUT2D eigenvalue weighted by Crippen LogP contribution is 2.33. The van der Waals surface area contributed by atoms with Gasteiger partial charge in [0.1, 0.15) is 17.3 Å². The number of aromatic nitrogens is 1. The maximum absolute atomic E-state index is 14.4. The Labute approximate surface area is 194 Å². The van der Waals surface area contributed by atoms with Crippen molar-refractivity contribution in [3.8, 4) is 22.8 Å². The van der Waals surface area contributed by atoms with Gasteiger partial charge in [-0.3, -0.25) is 0 Å². The summed E-state index contributed by atoms with van der Waals surface area (Å²) in [5.74, 6) is 1.44. The lowest BCUT2D eigenvalue weighted by atomic mass is 10.1. The van der Waals surface area contributed by atoms with Crippen LogP contribution in [-0.4, -0.2) is 32.0 Å². The Morgan fingerprint density at radius 3 is 2.03 bits per heavy atom. The van der Waals surface area contributed by atoms with E-state index in [1.54, 1.807) is 38.5 Å². The monoisotopic (exact) mass is 462 g/mol. The van der Waals surface area contributed by atoms with E-state index < -0.39 is 7.11 Å². The van der Waals surface area contributed by atoms with Gasteiger partial charge in [-0.05, 0) is 66.2 Å². The third-order valence-electron chi connectivity index (χ3n) is 5.50. The van der Waals surface area contributed by atoms with Gasteiger partial charge in [0.25, 0.3) is 0 Å². The van der Waals surface area contributed by atoms with Crippen LogP contribution in [0.25, 0.3) is 17.0 Å². The molecule has 34 heavy (non-hydrogen) atoms. The summed E-state index contributed by atoms with van der Waals surface area (Å²) in [6, 6.07) is 18.3. The van der Waals surface area contributed by atoms with Crippen molar-refractivity contribution in [3.63, 3.8) is 0 Å². The van der Waals surface area contributed by atoms with Crippen molar-refractivity contribution in [2.24, 2.45) is 0 Å². The van der Waals surface area contributed by atoms with Gasteiger partial charge < -0.3 is 32.4 Å². The van der Waals surface area contributed by atoms with Crippen molar-refractivity contribution in [3.05, 3.63) is 102 Å². The van der Waals surface area contributed by atoms with Crippen LogP contribution in [-0.2, 0) is 9.31 Å². The first-order chi connectivity index (χ1) is 16.4. The Kier molecular flexibility index (Phi) is 5.45. The molecule has 2 aliphatic rings. The maximum Gasteiger partial charge on any atom is 0.726 e. The number of rotatable bonds is 5. The average molecular weight is 462 g/mol. The fourth-order valence-electron chi connectivity index (χ4n) is 3.74. The zero-order valence-electron chi connectivity index (χ0n) is 18.5. The summed E-state index contributed by atoms with van der Waals surface area (Å²) >= 11 is 0. The molecule has 9 heteroatoms. The molecule has 0 bridgehead atoms. The summed E-state index contributed by atoms with van der Waals surface area (Å²) in [6.07, 6.45) is 4.95. The highest BCUT2D eigenvalue weighted by Gasteiger charge is 2.40. The molecule has 0 saturated carbocycles. The van der Waals surface area contributed by atoms with E-state index in [0.717, 1.165) is 34.0 Å². The summed E-state index contributed by atoms with van der Waals surface area (Å²) in [5.41, 5.74) is 4.11. The molecule has 2 aromatic carbocycles. The summed E-state index contributed by atoms with van der Waals surface area (Å²) in [7, 11) is -1.36. The summed E-state index contributed by atoms with van der Waals surface area (Å²) in [5, 5.41) is 0. The lowest BCUT2D eigenvalue weighted by molar-refractivity contribution is -0.388. The second kappa shape index (κ2) is 8.59. The van der Waals surface area contributed by atoms with Crippen LogP contribution in [0.5, 0.6) is 11.5 Å². The number of methoxy groups -OCH3 is 2. The molecule has 0 atom stereocenters. The Hall–Kier alpha value is -4.27. The molecule has 5 rings (SSSR count). The number of halogens is 2. The van der Waals surface area contributed by atoms with Crippen LogP contribution >= 0.6 is 0 Å². The molecular weight excluding hydrogens is 441 g/mol. The number of benzene rings is 2. The summed E-state index contributed by atoms with van der Waals surface area (Å²) in [6.45, 7) is 0. The number of nitrogens with one attached hydrogen (secondary N) is 2. The predicted octanol–water partition coefficient (Wildman–Crippen LogP) is 3.81. The Morgan fingerprint density at radius 2 is 1.38 bits per heavy atom. The van der Waals surface area contributed by atoms with Crippen molar-refractivity contribution in [1.29, 1.82) is 0 Å². The topological polar surface area (TPSA) is 66.7 Å². The fourth-order valence-corrected chi connectivity index (χ4v) is 3.74. The van der Waals surface area contributed by atoms with Gasteiger partial charge in [0.2, 0.25) is 11.4 Å². The van der Waals surface area contributed by atoms with Crippen LogP contribution in [0.1, 0.15) is 11.3 Å². The summed E-state index contributed by atoms with van der Waals surface area (Å²) in [4.78, 5) is 6.28. The molecule has 0 saturated heterocycles. The minimum Gasteiger partial charge on any atom is -0.626 e. The molecule has 172 valence electrons. The lowest BCUT2D eigenvalue weighted by Crippen LogP contribution is -2.68. The van der Waals surface area contributed by atoms with Crippen molar-refractivity contribution >= 4 is 18.6 Å². The number of hydrogen-bond donors (Lipinski definition) is 2. The van der Waals surface area contributed by atoms with Gasteiger partial charge in [-0.2, -0.15) is 0 Å². The van der Waals surface area contributed by atoms with Crippen molar-refractivity contribution < 1.29 is 32.4 Å². The van der Waals surface area contributed by atoms with Crippen LogP contribution in [0.15, 0.2) is 90.3 Å². The Morgan fingerprint density at radius 1 is 0.765 bits per heavy atom. The van der Waals surface area contributed by atoms with E-state index in [1.165, 1.54) is 6.08 Å². The molecule has 1 aromatic heterocycles. The molecule has 0 aliphatic carbocycles. The highest BCUT2D eigenvalue weighted by atomic mass is 19.3. The van der Waals surface area contributed by atoms with E-state index >= 15 is 0 Å². The molecule has 2 aliphatic heterocycles. The Balaban J connectivity index is 1.46. The minimum absolute atomic E-state index is 0.00777. The molecule has 0 unspecified atom stereocenters. The zero-order valence-corrected chi connectivity index (χ0v) is 18.5. The van der Waals surface area contributed by atoms with Crippen LogP contribution in [0.2, 0.25) is 0 Å². The largest absolute Gasteiger partial charge is 0.726 e. The van der Waals surface area contributed by atoms with Crippen LogP contribution in [0.3, 0.4) is 0 Å². The van der Waals surface area contributed by atoms with E-state index in [4.69, 9.17) is 18.8 Å². The van der Waals surface area contributed by atoms with Gasteiger partial charge >= 0.3 is 7.11 Å².